The standard InChI is InChI=1S/C26H25N5O2.ClH/c32-26-14-23(33-18-19-5-2-1-3-6-19)10-12-30(26)21-8-9-24-20(13-21)15-28-31(24)17-25-27-16-22-7-4-11-29(22)25;/h1-3,5-6,8-10,12-15,22H,4,7,11,16-18H2;1H/t22-;/m0./s1. The second kappa shape index (κ2) is 9.35. The Bertz CT molecular complexity index is 1400. The Balaban J connectivity index is 0.00000241. The molecule has 0 amide bonds. The number of halogens is 1. The van der Waals surface area contributed by atoms with Gasteiger partial charge < -0.3 is 9.64 Å². The smallest absolute Gasteiger partial charge is 0.258 e. The third-order valence-electron chi connectivity index (χ3n) is 6.53. The fourth-order valence-corrected chi connectivity index (χ4v) is 4.80. The van der Waals surface area contributed by atoms with Gasteiger partial charge in [0.1, 0.15) is 18.2 Å². The minimum atomic E-state index is -0.132. The highest BCUT2D eigenvalue weighted by atomic mass is 35.5. The highest BCUT2D eigenvalue weighted by molar-refractivity contribution is 5.87. The van der Waals surface area contributed by atoms with Gasteiger partial charge in [0.2, 0.25) is 0 Å². The number of pyridine rings is 1. The predicted octanol–water partition coefficient (Wildman–Crippen LogP) is 4.06. The predicted molar refractivity (Wildman–Crippen MR) is 135 cm³/mol. The number of rotatable bonds is 6. The lowest BCUT2D eigenvalue weighted by Gasteiger charge is -2.20. The molecule has 1 fully saturated rings. The molecule has 6 rings (SSSR count). The van der Waals surface area contributed by atoms with Crippen LogP contribution in [-0.2, 0) is 13.2 Å². The van der Waals surface area contributed by atoms with Crippen LogP contribution in [0.15, 0.2) is 82.8 Å². The maximum atomic E-state index is 12.8. The van der Waals surface area contributed by atoms with Gasteiger partial charge >= 0.3 is 0 Å². The molecule has 34 heavy (non-hydrogen) atoms. The van der Waals surface area contributed by atoms with Crippen molar-refractivity contribution in [1.82, 2.24) is 19.2 Å². The number of amidine groups is 1. The summed E-state index contributed by atoms with van der Waals surface area (Å²) < 4.78 is 9.42. The first kappa shape index (κ1) is 22.2. The number of nitrogens with zero attached hydrogens (tertiary/aromatic N) is 5. The van der Waals surface area contributed by atoms with Gasteiger partial charge in [-0.2, -0.15) is 5.10 Å². The molecule has 4 aromatic rings. The Morgan fingerprint density at radius 3 is 2.79 bits per heavy atom. The van der Waals surface area contributed by atoms with Crippen LogP contribution in [0.5, 0.6) is 5.75 Å². The third-order valence-corrected chi connectivity index (χ3v) is 6.53. The van der Waals surface area contributed by atoms with E-state index in [1.807, 2.05) is 65.5 Å². The highest BCUT2D eigenvalue weighted by Gasteiger charge is 2.31. The summed E-state index contributed by atoms with van der Waals surface area (Å²) in [5.74, 6) is 1.69. The van der Waals surface area contributed by atoms with Crippen molar-refractivity contribution < 1.29 is 4.74 Å². The maximum absolute atomic E-state index is 12.8. The minimum Gasteiger partial charge on any atom is -0.489 e. The average molecular weight is 476 g/mol. The molecule has 2 aliphatic rings. The zero-order chi connectivity index (χ0) is 22.2. The monoisotopic (exact) mass is 475 g/mol. The summed E-state index contributed by atoms with van der Waals surface area (Å²) in [6, 6.07) is 19.8. The van der Waals surface area contributed by atoms with Crippen LogP contribution < -0.4 is 10.3 Å². The van der Waals surface area contributed by atoms with E-state index < -0.39 is 0 Å². The van der Waals surface area contributed by atoms with Gasteiger partial charge in [0.05, 0.1) is 24.8 Å². The molecule has 0 radical (unpaired) electrons. The van der Waals surface area contributed by atoms with Crippen molar-refractivity contribution in [2.24, 2.45) is 4.99 Å². The first-order valence-corrected chi connectivity index (χ1v) is 11.4. The van der Waals surface area contributed by atoms with Gasteiger partial charge in [-0.05, 0) is 42.7 Å². The molecule has 174 valence electrons. The zero-order valence-electron chi connectivity index (χ0n) is 18.7. The van der Waals surface area contributed by atoms with E-state index in [1.165, 1.54) is 18.9 Å². The first-order chi connectivity index (χ1) is 16.2. The topological polar surface area (TPSA) is 64.7 Å². The lowest BCUT2D eigenvalue weighted by atomic mass is 10.2. The van der Waals surface area contributed by atoms with Crippen molar-refractivity contribution in [3.8, 4) is 11.4 Å². The Kier molecular flexibility index (Phi) is 6.11. The Labute approximate surface area is 203 Å². The second-order valence-electron chi connectivity index (χ2n) is 8.64. The first-order valence-electron chi connectivity index (χ1n) is 11.4. The van der Waals surface area contributed by atoms with Gasteiger partial charge in [-0.25, -0.2) is 0 Å². The minimum absolute atomic E-state index is 0. The summed E-state index contributed by atoms with van der Waals surface area (Å²) in [6.45, 7) is 3.12. The number of ether oxygens (including phenoxy) is 1. The van der Waals surface area contributed by atoms with E-state index in [0.717, 1.165) is 41.1 Å². The molecule has 0 unspecified atom stereocenters. The van der Waals surface area contributed by atoms with Crippen molar-refractivity contribution >= 4 is 29.1 Å². The van der Waals surface area contributed by atoms with Crippen molar-refractivity contribution in [2.75, 3.05) is 13.1 Å². The van der Waals surface area contributed by atoms with Crippen LogP contribution in [0.2, 0.25) is 0 Å². The quantitative estimate of drug-likeness (QED) is 0.422. The molecule has 2 aliphatic heterocycles. The molecule has 0 aliphatic carbocycles. The zero-order valence-corrected chi connectivity index (χ0v) is 19.5. The molecular weight excluding hydrogens is 450 g/mol. The largest absolute Gasteiger partial charge is 0.489 e. The van der Waals surface area contributed by atoms with Crippen LogP contribution in [-0.4, -0.2) is 44.2 Å². The van der Waals surface area contributed by atoms with Crippen LogP contribution in [0.3, 0.4) is 0 Å². The molecule has 2 aromatic heterocycles. The molecule has 1 atom stereocenters. The van der Waals surface area contributed by atoms with Crippen molar-refractivity contribution in [2.45, 2.75) is 32.0 Å². The SMILES string of the molecule is Cl.O=c1cc(OCc2ccccc2)ccn1-c1ccc2c(cnn2CC2=NC[C@@H]3CCCN23)c1. The number of hydrogen-bond donors (Lipinski definition) is 0. The van der Waals surface area contributed by atoms with Gasteiger partial charge in [-0.3, -0.25) is 19.0 Å². The van der Waals surface area contributed by atoms with Crippen molar-refractivity contribution in [3.05, 3.63) is 89.0 Å². The molecule has 0 N–H and O–H groups in total. The maximum Gasteiger partial charge on any atom is 0.258 e. The molecule has 4 heterocycles. The average Bonchev–Trinajstić information content (AvgIpc) is 3.56. The molecule has 0 saturated carbocycles. The van der Waals surface area contributed by atoms with Gasteiger partial charge in [0, 0.05) is 35.9 Å². The third kappa shape index (κ3) is 4.19. The highest BCUT2D eigenvalue weighted by Crippen LogP contribution is 2.25. The lowest BCUT2D eigenvalue weighted by Crippen LogP contribution is -2.33. The number of aromatic nitrogens is 3. The summed E-state index contributed by atoms with van der Waals surface area (Å²) >= 11 is 0. The van der Waals surface area contributed by atoms with E-state index in [-0.39, 0.29) is 18.0 Å². The van der Waals surface area contributed by atoms with Crippen LogP contribution >= 0.6 is 12.4 Å². The summed E-state index contributed by atoms with van der Waals surface area (Å²) in [5.41, 5.74) is 2.78. The second-order valence-corrected chi connectivity index (χ2v) is 8.64. The number of fused-ring (bicyclic) bond motifs is 2. The van der Waals surface area contributed by atoms with Gasteiger partial charge in [-0.15, -0.1) is 12.4 Å². The molecule has 0 spiro atoms. The molecule has 0 bridgehead atoms. The summed E-state index contributed by atoms with van der Waals surface area (Å²) in [5, 5.41) is 5.60. The van der Waals surface area contributed by atoms with Crippen LogP contribution in [0.4, 0.5) is 0 Å². The van der Waals surface area contributed by atoms with Gasteiger partial charge in [0.15, 0.2) is 0 Å². The molecule has 8 heteroatoms. The number of hydrogen-bond acceptors (Lipinski definition) is 5. The van der Waals surface area contributed by atoms with Gasteiger partial charge in [-0.1, -0.05) is 30.3 Å². The molecular formula is C26H26ClN5O2. The van der Waals surface area contributed by atoms with E-state index in [2.05, 4.69) is 10.00 Å². The van der Waals surface area contributed by atoms with E-state index in [0.29, 0.717) is 24.9 Å². The Morgan fingerprint density at radius 1 is 1.06 bits per heavy atom. The van der Waals surface area contributed by atoms with Crippen molar-refractivity contribution in [3.63, 3.8) is 0 Å². The van der Waals surface area contributed by atoms with E-state index in [1.54, 1.807) is 10.8 Å². The number of aliphatic imine (C=N–C) groups is 1. The van der Waals surface area contributed by atoms with Crippen LogP contribution in [0.1, 0.15) is 18.4 Å². The van der Waals surface area contributed by atoms with E-state index in [4.69, 9.17) is 9.73 Å². The van der Waals surface area contributed by atoms with Crippen molar-refractivity contribution in [1.29, 1.82) is 0 Å². The van der Waals surface area contributed by atoms with Crippen LogP contribution in [0, 0.1) is 0 Å². The van der Waals surface area contributed by atoms with Gasteiger partial charge in [0.25, 0.3) is 5.56 Å². The van der Waals surface area contributed by atoms with Crippen LogP contribution in [0.25, 0.3) is 16.6 Å². The Morgan fingerprint density at radius 2 is 1.94 bits per heavy atom. The summed E-state index contributed by atoms with van der Waals surface area (Å²) in [6.07, 6.45) is 6.10. The fraction of sp³-hybridized carbons (Fsp3) is 0.269. The molecule has 7 nitrogen and oxygen atoms in total. The lowest BCUT2D eigenvalue weighted by molar-refractivity contribution is 0.305. The summed E-state index contributed by atoms with van der Waals surface area (Å²) in [7, 11) is 0. The van der Waals surface area contributed by atoms with E-state index >= 15 is 0 Å². The number of benzene rings is 2. The fourth-order valence-electron chi connectivity index (χ4n) is 4.80. The normalized spacial score (nSPS) is 16.9. The molecule has 1 saturated heterocycles. The summed E-state index contributed by atoms with van der Waals surface area (Å²) in [4.78, 5) is 19.9. The Hall–Kier alpha value is -3.58. The van der Waals surface area contributed by atoms with E-state index in [9.17, 15) is 4.79 Å². The molecule has 2 aromatic carbocycles.